The van der Waals surface area contributed by atoms with E-state index in [9.17, 15) is 9.90 Å². The first-order valence-electron chi connectivity index (χ1n) is 6.21. The molecule has 0 atom stereocenters. The highest BCUT2D eigenvalue weighted by molar-refractivity contribution is 9.10. The first-order valence-corrected chi connectivity index (χ1v) is 7.00. The number of benzene rings is 1. The number of hydrogen-bond donors (Lipinski definition) is 1. The summed E-state index contributed by atoms with van der Waals surface area (Å²) in [5.41, 5.74) is 1.87. The van der Waals surface area contributed by atoms with Gasteiger partial charge in [-0.25, -0.2) is 9.78 Å². The zero-order valence-corrected chi connectivity index (χ0v) is 13.4. The molecule has 20 heavy (non-hydrogen) atoms. The minimum Gasteiger partial charge on any atom is -0.475 e. The largest absolute Gasteiger partial charge is 0.475 e. The Balaban J connectivity index is 2.58. The Bertz CT molecular complexity index is 668. The van der Waals surface area contributed by atoms with Gasteiger partial charge in [-0.05, 0) is 30.7 Å². The quantitative estimate of drug-likeness (QED) is 0.881. The molecule has 0 saturated carbocycles. The van der Waals surface area contributed by atoms with Gasteiger partial charge in [-0.2, -0.15) is 0 Å². The Kier molecular flexibility index (Phi) is 3.73. The van der Waals surface area contributed by atoms with Crippen molar-refractivity contribution in [3.8, 4) is 11.5 Å². The van der Waals surface area contributed by atoms with Crippen molar-refractivity contribution in [2.45, 2.75) is 33.1 Å². The van der Waals surface area contributed by atoms with E-state index in [0.717, 1.165) is 15.6 Å². The van der Waals surface area contributed by atoms with Gasteiger partial charge in [0.15, 0.2) is 0 Å². The normalized spacial score (nSPS) is 11.7. The molecule has 106 valence electrons. The second kappa shape index (κ2) is 5.05. The fourth-order valence-electron chi connectivity index (χ4n) is 1.87. The molecule has 0 spiro atoms. The third-order valence-corrected chi connectivity index (χ3v) is 3.83. The Hall–Kier alpha value is -1.62. The summed E-state index contributed by atoms with van der Waals surface area (Å²) in [5.74, 6) is -0.849. The number of aromatic nitrogens is 1. The summed E-state index contributed by atoms with van der Waals surface area (Å²) in [6, 6.07) is 5.65. The van der Waals surface area contributed by atoms with Crippen LogP contribution in [-0.2, 0) is 5.41 Å². The lowest BCUT2D eigenvalue weighted by atomic mass is 9.91. The van der Waals surface area contributed by atoms with E-state index in [1.165, 1.54) is 0 Å². The molecule has 1 N–H and O–H groups in total. The predicted octanol–water partition coefficient (Wildman–Crippen LogP) is 4.41. The zero-order chi connectivity index (χ0) is 15.1. The van der Waals surface area contributed by atoms with Gasteiger partial charge >= 0.3 is 5.97 Å². The topological polar surface area (TPSA) is 63.3 Å². The number of halogens is 1. The minimum absolute atomic E-state index is 0.0897. The SMILES string of the molecule is Cc1cc(-c2nc(C(C)(C)C)c(C(=O)O)o2)ccc1Br. The van der Waals surface area contributed by atoms with Gasteiger partial charge in [0, 0.05) is 15.5 Å². The molecule has 4 nitrogen and oxygen atoms in total. The average molecular weight is 338 g/mol. The fourth-order valence-corrected chi connectivity index (χ4v) is 2.12. The van der Waals surface area contributed by atoms with Gasteiger partial charge in [0.05, 0.1) is 0 Å². The van der Waals surface area contributed by atoms with Crippen LogP contribution in [0.1, 0.15) is 42.6 Å². The minimum atomic E-state index is -1.09. The van der Waals surface area contributed by atoms with E-state index in [0.29, 0.717) is 11.6 Å². The molecule has 0 fully saturated rings. The van der Waals surface area contributed by atoms with Gasteiger partial charge in [-0.1, -0.05) is 36.7 Å². The average Bonchev–Trinajstić information content (AvgIpc) is 2.77. The summed E-state index contributed by atoms with van der Waals surface area (Å²) in [4.78, 5) is 15.7. The van der Waals surface area contributed by atoms with Crippen LogP contribution in [0.4, 0.5) is 0 Å². The summed E-state index contributed by atoms with van der Waals surface area (Å²) in [5, 5.41) is 9.25. The van der Waals surface area contributed by atoms with Crippen molar-refractivity contribution in [3.05, 3.63) is 39.7 Å². The Morgan fingerprint density at radius 3 is 2.45 bits per heavy atom. The van der Waals surface area contributed by atoms with E-state index >= 15 is 0 Å². The van der Waals surface area contributed by atoms with Crippen LogP contribution in [0.2, 0.25) is 0 Å². The summed E-state index contributed by atoms with van der Waals surface area (Å²) in [6.07, 6.45) is 0. The molecule has 0 unspecified atom stereocenters. The molecular formula is C15H16BrNO3. The van der Waals surface area contributed by atoms with Crippen molar-refractivity contribution in [2.24, 2.45) is 0 Å². The number of aryl methyl sites for hydroxylation is 1. The van der Waals surface area contributed by atoms with Crippen molar-refractivity contribution in [1.82, 2.24) is 4.98 Å². The summed E-state index contributed by atoms with van der Waals surface area (Å²) in [7, 11) is 0. The van der Waals surface area contributed by atoms with Crippen LogP contribution in [0.25, 0.3) is 11.5 Å². The molecule has 0 radical (unpaired) electrons. The number of nitrogens with zero attached hydrogens (tertiary/aromatic N) is 1. The number of hydrogen-bond acceptors (Lipinski definition) is 3. The second-order valence-electron chi connectivity index (χ2n) is 5.72. The smallest absolute Gasteiger partial charge is 0.373 e. The Morgan fingerprint density at radius 2 is 2.00 bits per heavy atom. The lowest BCUT2D eigenvalue weighted by Gasteiger charge is -2.14. The third-order valence-electron chi connectivity index (χ3n) is 2.94. The lowest BCUT2D eigenvalue weighted by Crippen LogP contribution is -2.16. The summed E-state index contributed by atoms with van der Waals surface area (Å²) >= 11 is 3.43. The van der Waals surface area contributed by atoms with Gasteiger partial charge in [0.25, 0.3) is 0 Å². The van der Waals surface area contributed by atoms with E-state index in [2.05, 4.69) is 20.9 Å². The lowest BCUT2D eigenvalue weighted by molar-refractivity contribution is 0.0659. The first-order chi connectivity index (χ1) is 9.20. The molecule has 0 aliphatic heterocycles. The molecule has 0 amide bonds. The maximum Gasteiger partial charge on any atom is 0.373 e. The van der Waals surface area contributed by atoms with Crippen molar-refractivity contribution >= 4 is 21.9 Å². The molecule has 0 aliphatic rings. The number of oxazole rings is 1. The predicted molar refractivity (Wildman–Crippen MR) is 80.0 cm³/mol. The van der Waals surface area contributed by atoms with Crippen LogP contribution in [0.5, 0.6) is 0 Å². The number of rotatable bonds is 2. The van der Waals surface area contributed by atoms with E-state index in [4.69, 9.17) is 4.42 Å². The van der Waals surface area contributed by atoms with Crippen LogP contribution >= 0.6 is 15.9 Å². The van der Waals surface area contributed by atoms with E-state index in [1.54, 1.807) is 0 Å². The van der Waals surface area contributed by atoms with E-state index in [1.807, 2.05) is 45.9 Å². The molecule has 0 bridgehead atoms. The highest BCUT2D eigenvalue weighted by Gasteiger charge is 2.29. The molecular weight excluding hydrogens is 322 g/mol. The van der Waals surface area contributed by atoms with Gasteiger partial charge in [-0.15, -0.1) is 0 Å². The fraction of sp³-hybridized carbons (Fsp3) is 0.333. The van der Waals surface area contributed by atoms with Gasteiger partial charge < -0.3 is 9.52 Å². The second-order valence-corrected chi connectivity index (χ2v) is 6.57. The van der Waals surface area contributed by atoms with Crippen molar-refractivity contribution in [2.75, 3.05) is 0 Å². The van der Waals surface area contributed by atoms with E-state index < -0.39 is 5.97 Å². The Morgan fingerprint density at radius 1 is 1.35 bits per heavy atom. The molecule has 2 aromatic rings. The molecule has 0 aliphatic carbocycles. The molecule has 1 aromatic carbocycles. The van der Waals surface area contributed by atoms with Crippen LogP contribution < -0.4 is 0 Å². The van der Waals surface area contributed by atoms with Crippen molar-refractivity contribution < 1.29 is 14.3 Å². The van der Waals surface area contributed by atoms with Crippen LogP contribution in [-0.4, -0.2) is 16.1 Å². The Labute approximate surface area is 126 Å². The highest BCUT2D eigenvalue weighted by Crippen LogP contribution is 2.31. The van der Waals surface area contributed by atoms with Gasteiger partial charge in [-0.3, -0.25) is 0 Å². The van der Waals surface area contributed by atoms with Crippen molar-refractivity contribution in [1.29, 1.82) is 0 Å². The van der Waals surface area contributed by atoms with Crippen LogP contribution in [0, 0.1) is 6.92 Å². The van der Waals surface area contributed by atoms with Gasteiger partial charge in [0.2, 0.25) is 11.7 Å². The molecule has 5 heteroatoms. The van der Waals surface area contributed by atoms with Crippen LogP contribution in [0.15, 0.2) is 27.1 Å². The standard InChI is InChI=1S/C15H16BrNO3/c1-8-7-9(5-6-10(8)16)13-17-12(15(2,3)4)11(20-13)14(18)19/h5-7H,1-4H3,(H,18,19). The van der Waals surface area contributed by atoms with Crippen molar-refractivity contribution in [3.63, 3.8) is 0 Å². The molecule has 1 aromatic heterocycles. The van der Waals surface area contributed by atoms with E-state index in [-0.39, 0.29) is 11.2 Å². The number of carbonyl (C=O) groups is 1. The maximum absolute atomic E-state index is 11.3. The molecule has 1 heterocycles. The molecule has 2 rings (SSSR count). The van der Waals surface area contributed by atoms with Crippen LogP contribution in [0.3, 0.4) is 0 Å². The van der Waals surface area contributed by atoms with Gasteiger partial charge in [0.1, 0.15) is 5.69 Å². The third kappa shape index (κ3) is 2.77. The monoisotopic (exact) mass is 337 g/mol. The summed E-state index contributed by atoms with van der Waals surface area (Å²) in [6.45, 7) is 7.69. The number of carboxylic acid groups (broad SMARTS) is 1. The maximum atomic E-state index is 11.3. The highest BCUT2D eigenvalue weighted by atomic mass is 79.9. The summed E-state index contributed by atoms with van der Waals surface area (Å²) < 4.78 is 6.45. The molecule has 0 saturated heterocycles. The number of aromatic carboxylic acids is 1. The number of carboxylic acids is 1. The first kappa shape index (κ1) is 14.8. The zero-order valence-electron chi connectivity index (χ0n) is 11.8.